The van der Waals surface area contributed by atoms with Gasteiger partial charge in [0.05, 0.1) is 12.2 Å². The Morgan fingerprint density at radius 3 is 2.83 bits per heavy atom. The van der Waals surface area contributed by atoms with Crippen molar-refractivity contribution in [2.45, 2.75) is 25.5 Å². The van der Waals surface area contributed by atoms with E-state index < -0.39 is 11.6 Å². The van der Waals surface area contributed by atoms with E-state index in [-0.39, 0.29) is 11.5 Å². The molecule has 1 fully saturated rings. The van der Waals surface area contributed by atoms with Gasteiger partial charge in [0.15, 0.2) is 0 Å². The van der Waals surface area contributed by atoms with E-state index >= 15 is 0 Å². The third-order valence-electron chi connectivity index (χ3n) is 2.47. The van der Waals surface area contributed by atoms with E-state index in [0.717, 1.165) is 0 Å². The molecule has 0 spiro atoms. The van der Waals surface area contributed by atoms with Gasteiger partial charge in [0.1, 0.15) is 6.10 Å². The first kappa shape index (κ1) is 8.97. The fourth-order valence-electron chi connectivity index (χ4n) is 1.25. The van der Waals surface area contributed by atoms with E-state index in [1.807, 2.05) is 0 Å². The van der Waals surface area contributed by atoms with Crippen molar-refractivity contribution in [2.24, 2.45) is 0 Å². The lowest BCUT2D eigenvalue weighted by molar-refractivity contribution is -0.558. The first-order chi connectivity index (χ1) is 5.53. The average molecular weight is 169 g/mol. The number of ether oxygens (including phenoxy) is 1. The predicted octanol–water partition coefficient (Wildman–Crippen LogP) is 1.15. The molecule has 4 nitrogen and oxygen atoms in total. The maximum atomic E-state index is 10.7. The summed E-state index contributed by atoms with van der Waals surface area (Å²) in [6.07, 6.45) is -0.406. The summed E-state index contributed by atoms with van der Waals surface area (Å²) in [5.74, 6) is 0. The molecular formula is C8H11NO3. The normalized spacial score (nSPS) is 34.8. The second kappa shape index (κ2) is 2.73. The average Bonchev–Trinajstić information content (AvgIpc) is 2.30. The van der Waals surface area contributed by atoms with Crippen molar-refractivity contribution in [1.82, 2.24) is 0 Å². The second-order valence-corrected chi connectivity index (χ2v) is 3.01. The quantitative estimate of drug-likeness (QED) is 0.336. The summed E-state index contributed by atoms with van der Waals surface area (Å²) < 4.78 is 5.15. The molecule has 1 aliphatic rings. The molecule has 2 atom stereocenters. The summed E-state index contributed by atoms with van der Waals surface area (Å²) in [6, 6.07) is 0. The first-order valence-electron chi connectivity index (χ1n) is 3.69. The smallest absolute Gasteiger partial charge is 0.275 e. The Balaban J connectivity index is 3.14. The van der Waals surface area contributed by atoms with Crippen LogP contribution in [0.15, 0.2) is 17.9 Å². The fraction of sp³-hybridized carbons (Fsp3) is 0.625. The van der Waals surface area contributed by atoms with E-state index in [2.05, 4.69) is 12.3 Å². The molecule has 0 N–H and O–H groups in total. The van der Waals surface area contributed by atoms with Gasteiger partial charge < -0.3 is 4.74 Å². The van der Waals surface area contributed by atoms with Crippen LogP contribution in [-0.2, 0) is 4.74 Å². The summed E-state index contributed by atoms with van der Waals surface area (Å²) in [4.78, 5) is 10.4. The van der Waals surface area contributed by atoms with Crippen LogP contribution in [0.4, 0.5) is 0 Å². The fourth-order valence-corrected chi connectivity index (χ4v) is 1.25. The molecule has 0 aromatic carbocycles. The van der Waals surface area contributed by atoms with Crippen molar-refractivity contribution in [3.05, 3.63) is 28.0 Å². The summed E-state index contributed by atoms with van der Waals surface area (Å²) in [5.41, 5.74) is 1.96. The van der Waals surface area contributed by atoms with Crippen LogP contribution in [0.5, 0.6) is 0 Å². The summed E-state index contributed by atoms with van der Waals surface area (Å²) >= 11 is 0. The maximum absolute atomic E-state index is 10.7. The van der Waals surface area contributed by atoms with Gasteiger partial charge in [0.25, 0.3) is 5.54 Å². The molecule has 0 aromatic heterocycles. The van der Waals surface area contributed by atoms with Gasteiger partial charge in [-0.3, -0.25) is 10.1 Å². The van der Waals surface area contributed by atoms with Gasteiger partial charge in [-0.15, -0.1) is 5.73 Å². The zero-order chi connectivity index (χ0) is 9.35. The van der Waals surface area contributed by atoms with Gasteiger partial charge in [-0.25, -0.2) is 0 Å². The number of nitrogens with zero attached hydrogens (tertiary/aromatic N) is 1. The first-order valence-corrected chi connectivity index (χ1v) is 3.69. The SMILES string of the molecule is C=C=C1CO[C@@H](C)[C@]1(C)[N+](=O)[O-]. The van der Waals surface area contributed by atoms with Gasteiger partial charge in [-0.1, -0.05) is 6.58 Å². The minimum atomic E-state index is -1.14. The highest BCUT2D eigenvalue weighted by Crippen LogP contribution is 2.32. The molecular weight excluding hydrogens is 158 g/mol. The number of hydrogen-bond donors (Lipinski definition) is 0. The molecule has 0 bridgehead atoms. The van der Waals surface area contributed by atoms with Crippen molar-refractivity contribution >= 4 is 0 Å². The Morgan fingerprint density at radius 1 is 1.92 bits per heavy atom. The van der Waals surface area contributed by atoms with E-state index in [1.165, 1.54) is 6.92 Å². The monoisotopic (exact) mass is 169 g/mol. The van der Waals surface area contributed by atoms with Crippen LogP contribution in [0.1, 0.15) is 13.8 Å². The van der Waals surface area contributed by atoms with Crippen LogP contribution in [-0.4, -0.2) is 23.2 Å². The minimum Gasteiger partial charge on any atom is -0.365 e. The van der Waals surface area contributed by atoms with Crippen molar-refractivity contribution in [3.8, 4) is 0 Å². The lowest BCUT2D eigenvalue weighted by atomic mass is 9.91. The number of hydrogen-bond acceptors (Lipinski definition) is 3. The molecule has 0 aromatic rings. The predicted molar refractivity (Wildman–Crippen MR) is 43.5 cm³/mol. The van der Waals surface area contributed by atoms with Gasteiger partial charge in [0, 0.05) is 11.8 Å². The molecule has 1 saturated heterocycles. The number of rotatable bonds is 1. The molecule has 4 heteroatoms. The maximum Gasteiger partial charge on any atom is 0.275 e. The van der Waals surface area contributed by atoms with Crippen molar-refractivity contribution < 1.29 is 9.66 Å². The lowest BCUT2D eigenvalue weighted by Crippen LogP contribution is -2.42. The van der Waals surface area contributed by atoms with Crippen LogP contribution in [0, 0.1) is 10.1 Å². The van der Waals surface area contributed by atoms with E-state index in [9.17, 15) is 10.1 Å². The highest BCUT2D eigenvalue weighted by molar-refractivity contribution is 5.20. The second-order valence-electron chi connectivity index (χ2n) is 3.01. The molecule has 1 heterocycles. The lowest BCUT2D eigenvalue weighted by Gasteiger charge is -2.17. The van der Waals surface area contributed by atoms with Crippen LogP contribution < -0.4 is 0 Å². The Kier molecular flexibility index (Phi) is 2.04. The summed E-state index contributed by atoms with van der Waals surface area (Å²) in [7, 11) is 0. The Labute approximate surface area is 70.7 Å². The molecule has 0 amide bonds. The zero-order valence-corrected chi connectivity index (χ0v) is 7.16. The van der Waals surface area contributed by atoms with Crippen LogP contribution in [0.25, 0.3) is 0 Å². The van der Waals surface area contributed by atoms with Crippen molar-refractivity contribution in [2.75, 3.05) is 6.61 Å². The van der Waals surface area contributed by atoms with Gasteiger partial charge in [0.2, 0.25) is 0 Å². The van der Waals surface area contributed by atoms with Crippen LogP contribution in [0.2, 0.25) is 0 Å². The van der Waals surface area contributed by atoms with E-state index in [4.69, 9.17) is 4.74 Å². The van der Waals surface area contributed by atoms with Gasteiger partial charge in [-0.05, 0) is 6.92 Å². The van der Waals surface area contributed by atoms with E-state index in [0.29, 0.717) is 5.57 Å². The summed E-state index contributed by atoms with van der Waals surface area (Å²) in [5, 5.41) is 10.7. The molecule has 1 rings (SSSR count). The minimum absolute atomic E-state index is 0.266. The standard InChI is InChI=1S/C8H11NO3/c1-4-7-5-12-6(2)8(7,3)9(10)11/h6H,1,5H2,2-3H3/t6-,8-/m0/s1. The van der Waals surface area contributed by atoms with Crippen molar-refractivity contribution in [1.29, 1.82) is 0 Å². The zero-order valence-electron chi connectivity index (χ0n) is 7.16. The van der Waals surface area contributed by atoms with Gasteiger partial charge >= 0.3 is 0 Å². The molecule has 0 unspecified atom stereocenters. The third-order valence-corrected chi connectivity index (χ3v) is 2.47. The molecule has 66 valence electrons. The third kappa shape index (κ3) is 0.967. The van der Waals surface area contributed by atoms with Crippen LogP contribution >= 0.6 is 0 Å². The molecule has 0 saturated carbocycles. The topological polar surface area (TPSA) is 52.4 Å². The Morgan fingerprint density at radius 2 is 2.50 bits per heavy atom. The summed E-state index contributed by atoms with van der Waals surface area (Å²) in [6.45, 7) is 6.90. The Bertz CT molecular complexity index is 267. The molecule has 0 aliphatic carbocycles. The van der Waals surface area contributed by atoms with Crippen LogP contribution in [0.3, 0.4) is 0 Å². The number of nitro groups is 1. The molecule has 0 radical (unpaired) electrons. The van der Waals surface area contributed by atoms with Gasteiger partial charge in [-0.2, -0.15) is 0 Å². The Hall–Kier alpha value is -1.12. The van der Waals surface area contributed by atoms with E-state index in [1.54, 1.807) is 6.92 Å². The largest absolute Gasteiger partial charge is 0.365 e. The highest BCUT2D eigenvalue weighted by atomic mass is 16.6. The highest BCUT2D eigenvalue weighted by Gasteiger charge is 2.52. The van der Waals surface area contributed by atoms with Crippen molar-refractivity contribution in [3.63, 3.8) is 0 Å². The molecule has 1 aliphatic heterocycles. The molecule has 12 heavy (non-hydrogen) atoms.